The first kappa shape index (κ1) is 22.6. The lowest BCUT2D eigenvalue weighted by atomic mass is 9.80. The smallest absolute Gasteiger partial charge is 0.186 e. The first-order valence-electron chi connectivity index (χ1n) is 10.6. The predicted octanol–water partition coefficient (Wildman–Crippen LogP) is 2.45. The van der Waals surface area contributed by atoms with Crippen molar-refractivity contribution in [1.29, 1.82) is 0 Å². The molecule has 0 saturated carbocycles. The summed E-state index contributed by atoms with van der Waals surface area (Å²) < 4.78 is 17.5. The maximum Gasteiger partial charge on any atom is 0.186 e. The summed E-state index contributed by atoms with van der Waals surface area (Å²) in [6, 6.07) is 29.5. The van der Waals surface area contributed by atoms with Gasteiger partial charge in [-0.3, -0.25) is 0 Å². The molecule has 1 heterocycles. The molecule has 3 aromatic carbocycles. The van der Waals surface area contributed by atoms with Crippen molar-refractivity contribution in [3.05, 3.63) is 108 Å². The highest BCUT2D eigenvalue weighted by molar-refractivity contribution is 5.47. The molecule has 32 heavy (non-hydrogen) atoms. The molecular weight excluding hydrogens is 408 g/mol. The van der Waals surface area contributed by atoms with Gasteiger partial charge in [0.15, 0.2) is 6.29 Å². The van der Waals surface area contributed by atoms with Crippen molar-refractivity contribution in [2.75, 3.05) is 13.7 Å². The monoisotopic (exact) mass is 436 g/mol. The summed E-state index contributed by atoms with van der Waals surface area (Å²) in [5, 5.41) is 30.9. The summed E-state index contributed by atoms with van der Waals surface area (Å²) in [5.74, 6) is 0. The highest BCUT2D eigenvalue weighted by atomic mass is 16.7. The molecule has 6 heteroatoms. The second kappa shape index (κ2) is 9.92. The van der Waals surface area contributed by atoms with Gasteiger partial charge >= 0.3 is 0 Å². The number of aliphatic hydroxyl groups excluding tert-OH is 3. The highest BCUT2D eigenvalue weighted by Crippen LogP contribution is 2.41. The van der Waals surface area contributed by atoms with Crippen LogP contribution in [-0.2, 0) is 19.8 Å². The molecule has 0 aliphatic carbocycles. The fourth-order valence-corrected chi connectivity index (χ4v) is 4.22. The number of ether oxygens (including phenoxy) is 3. The molecule has 6 nitrogen and oxygen atoms in total. The van der Waals surface area contributed by atoms with E-state index >= 15 is 0 Å². The van der Waals surface area contributed by atoms with Crippen molar-refractivity contribution in [2.24, 2.45) is 0 Å². The van der Waals surface area contributed by atoms with Gasteiger partial charge in [-0.15, -0.1) is 0 Å². The van der Waals surface area contributed by atoms with E-state index in [-0.39, 0.29) is 6.61 Å². The number of aliphatic hydroxyl groups is 3. The molecule has 3 N–H and O–H groups in total. The summed E-state index contributed by atoms with van der Waals surface area (Å²) in [7, 11) is 1.37. The molecule has 4 rings (SSSR count). The van der Waals surface area contributed by atoms with Gasteiger partial charge in [0.25, 0.3) is 0 Å². The Labute approximate surface area is 187 Å². The van der Waals surface area contributed by atoms with E-state index < -0.39 is 36.3 Å². The molecule has 0 bridgehead atoms. The Morgan fingerprint density at radius 3 is 1.53 bits per heavy atom. The van der Waals surface area contributed by atoms with Gasteiger partial charge in [-0.2, -0.15) is 0 Å². The number of rotatable bonds is 7. The zero-order valence-electron chi connectivity index (χ0n) is 17.8. The molecule has 1 aliphatic rings. The Bertz CT molecular complexity index is 867. The highest BCUT2D eigenvalue weighted by Gasteiger charge is 2.46. The van der Waals surface area contributed by atoms with Crippen LogP contribution in [0.3, 0.4) is 0 Å². The molecule has 0 spiro atoms. The van der Waals surface area contributed by atoms with E-state index in [9.17, 15) is 15.3 Å². The average molecular weight is 437 g/mol. The molecule has 0 amide bonds. The van der Waals surface area contributed by atoms with Gasteiger partial charge in [-0.25, -0.2) is 0 Å². The van der Waals surface area contributed by atoms with Crippen LogP contribution in [0.4, 0.5) is 0 Å². The normalized spacial score (nSPS) is 26.1. The van der Waals surface area contributed by atoms with Crippen LogP contribution in [0.1, 0.15) is 16.7 Å². The second-order valence-corrected chi connectivity index (χ2v) is 7.84. The van der Waals surface area contributed by atoms with Crippen molar-refractivity contribution < 1.29 is 29.5 Å². The van der Waals surface area contributed by atoms with Crippen LogP contribution in [0.15, 0.2) is 91.0 Å². The lowest BCUT2D eigenvalue weighted by Gasteiger charge is -2.42. The van der Waals surface area contributed by atoms with Crippen LogP contribution in [0, 0.1) is 0 Å². The Morgan fingerprint density at radius 1 is 0.688 bits per heavy atom. The van der Waals surface area contributed by atoms with Crippen LogP contribution in [0.25, 0.3) is 0 Å². The molecule has 0 aromatic heterocycles. The maximum absolute atomic E-state index is 10.6. The van der Waals surface area contributed by atoms with Crippen LogP contribution in [-0.4, -0.2) is 59.7 Å². The van der Waals surface area contributed by atoms with E-state index in [1.807, 2.05) is 91.0 Å². The quantitative estimate of drug-likeness (QED) is 0.493. The molecular formula is C26H28O6. The van der Waals surface area contributed by atoms with Gasteiger partial charge in [-0.1, -0.05) is 91.0 Å². The van der Waals surface area contributed by atoms with Crippen LogP contribution in [0.5, 0.6) is 0 Å². The van der Waals surface area contributed by atoms with E-state index in [1.165, 1.54) is 7.11 Å². The lowest BCUT2D eigenvalue weighted by Crippen LogP contribution is -2.59. The van der Waals surface area contributed by atoms with Crippen molar-refractivity contribution in [3.63, 3.8) is 0 Å². The standard InChI is InChI=1S/C26H28O6/c1-30-25-24(29)23(28)22(27)21(32-25)17-31-26(18-11-5-2-6-12-18,19-13-7-3-8-14-19)20-15-9-4-10-16-20/h2-16,21-25,27-29H,17H2,1H3/t21?,22-,23?,24?,25+/m0/s1. The molecule has 168 valence electrons. The maximum atomic E-state index is 10.6. The average Bonchev–Trinajstić information content (AvgIpc) is 2.86. The van der Waals surface area contributed by atoms with Gasteiger partial charge in [0.2, 0.25) is 0 Å². The van der Waals surface area contributed by atoms with Crippen LogP contribution in [0.2, 0.25) is 0 Å². The van der Waals surface area contributed by atoms with E-state index in [0.29, 0.717) is 0 Å². The molecule has 1 aliphatic heterocycles. The third-order valence-electron chi connectivity index (χ3n) is 5.91. The van der Waals surface area contributed by atoms with E-state index in [4.69, 9.17) is 14.2 Å². The number of hydrogen-bond donors (Lipinski definition) is 3. The molecule has 5 atom stereocenters. The second-order valence-electron chi connectivity index (χ2n) is 7.84. The summed E-state index contributed by atoms with van der Waals surface area (Å²) in [4.78, 5) is 0. The van der Waals surface area contributed by atoms with Crippen LogP contribution >= 0.6 is 0 Å². The predicted molar refractivity (Wildman–Crippen MR) is 119 cm³/mol. The van der Waals surface area contributed by atoms with Crippen molar-refractivity contribution in [2.45, 2.75) is 36.3 Å². The van der Waals surface area contributed by atoms with Gasteiger partial charge < -0.3 is 29.5 Å². The van der Waals surface area contributed by atoms with Gasteiger partial charge in [0.1, 0.15) is 30.0 Å². The fourth-order valence-electron chi connectivity index (χ4n) is 4.22. The Balaban J connectivity index is 1.77. The third-order valence-corrected chi connectivity index (χ3v) is 5.91. The molecule has 3 unspecified atom stereocenters. The van der Waals surface area contributed by atoms with Gasteiger partial charge in [-0.05, 0) is 16.7 Å². The summed E-state index contributed by atoms with van der Waals surface area (Å²) in [5.41, 5.74) is 1.74. The van der Waals surface area contributed by atoms with Gasteiger partial charge in [0, 0.05) is 7.11 Å². The Hall–Kier alpha value is -2.58. The molecule has 1 fully saturated rings. The first-order valence-corrected chi connectivity index (χ1v) is 10.6. The van der Waals surface area contributed by atoms with E-state index in [2.05, 4.69) is 0 Å². The molecule has 3 aromatic rings. The number of hydrogen-bond acceptors (Lipinski definition) is 6. The third kappa shape index (κ3) is 4.21. The summed E-state index contributed by atoms with van der Waals surface area (Å²) >= 11 is 0. The van der Waals surface area contributed by atoms with Crippen molar-refractivity contribution in [3.8, 4) is 0 Å². The minimum absolute atomic E-state index is 0.0521. The molecule has 1 saturated heterocycles. The fraction of sp³-hybridized carbons (Fsp3) is 0.308. The topological polar surface area (TPSA) is 88.4 Å². The summed E-state index contributed by atoms with van der Waals surface area (Å²) in [6.45, 7) is -0.0521. The summed E-state index contributed by atoms with van der Waals surface area (Å²) in [6.07, 6.45) is -6.08. The number of benzene rings is 3. The molecule has 0 radical (unpaired) electrons. The Morgan fingerprint density at radius 2 is 1.12 bits per heavy atom. The van der Waals surface area contributed by atoms with E-state index in [1.54, 1.807) is 0 Å². The first-order chi connectivity index (χ1) is 15.6. The lowest BCUT2D eigenvalue weighted by molar-refractivity contribution is -0.299. The minimum Gasteiger partial charge on any atom is -0.387 e. The zero-order chi connectivity index (χ0) is 22.6. The van der Waals surface area contributed by atoms with Gasteiger partial charge in [0.05, 0.1) is 6.61 Å². The Kier molecular flexibility index (Phi) is 7.01. The number of methoxy groups -OCH3 is 1. The van der Waals surface area contributed by atoms with Crippen molar-refractivity contribution >= 4 is 0 Å². The minimum atomic E-state index is -1.41. The van der Waals surface area contributed by atoms with Crippen LogP contribution < -0.4 is 0 Å². The van der Waals surface area contributed by atoms with Crippen molar-refractivity contribution in [1.82, 2.24) is 0 Å². The SMILES string of the molecule is CO[C@@H]1OC(COC(c2ccccc2)(c2ccccc2)c2ccccc2)[C@H](O)C(O)C1O. The largest absolute Gasteiger partial charge is 0.387 e. The zero-order valence-corrected chi connectivity index (χ0v) is 17.8. The van der Waals surface area contributed by atoms with E-state index in [0.717, 1.165) is 16.7 Å².